The number of likely N-dealkylation sites (N-methyl/N-ethyl adjacent to an activating group) is 1. The van der Waals surface area contributed by atoms with Crippen molar-refractivity contribution in [3.8, 4) is 11.5 Å². The number of urea groups is 1. The van der Waals surface area contributed by atoms with Crippen LogP contribution in [0.2, 0.25) is 0 Å². The Labute approximate surface area is 156 Å². The highest BCUT2D eigenvalue weighted by molar-refractivity contribution is 5.87. The summed E-state index contributed by atoms with van der Waals surface area (Å²) in [7, 11) is 6.62. The van der Waals surface area contributed by atoms with Crippen LogP contribution in [0.15, 0.2) is 18.2 Å². The second-order valence-electron chi connectivity index (χ2n) is 6.64. The molecule has 0 saturated carbocycles. The van der Waals surface area contributed by atoms with E-state index in [9.17, 15) is 9.59 Å². The fourth-order valence-corrected chi connectivity index (χ4v) is 2.52. The molecule has 1 N–H and O–H groups in total. The van der Waals surface area contributed by atoms with Crippen molar-refractivity contribution in [3.63, 3.8) is 0 Å². The zero-order valence-corrected chi connectivity index (χ0v) is 16.8. The summed E-state index contributed by atoms with van der Waals surface area (Å²) in [6.07, 6.45) is 0. The lowest BCUT2D eigenvalue weighted by Gasteiger charge is -2.27. The van der Waals surface area contributed by atoms with E-state index in [0.29, 0.717) is 24.7 Å². The Bertz CT molecular complexity index is 617. The topological polar surface area (TPSA) is 71.1 Å². The van der Waals surface area contributed by atoms with Gasteiger partial charge in [0.2, 0.25) is 5.91 Å². The molecule has 3 amide bonds. The molecule has 26 heavy (non-hydrogen) atoms. The van der Waals surface area contributed by atoms with Crippen LogP contribution in [0.25, 0.3) is 0 Å². The van der Waals surface area contributed by atoms with Crippen molar-refractivity contribution >= 4 is 11.9 Å². The van der Waals surface area contributed by atoms with Crippen molar-refractivity contribution in [1.29, 1.82) is 0 Å². The zero-order valence-electron chi connectivity index (χ0n) is 16.8. The number of benzene rings is 1. The maximum atomic E-state index is 12.6. The molecule has 0 spiro atoms. The van der Waals surface area contributed by atoms with E-state index in [0.717, 1.165) is 5.56 Å². The predicted molar refractivity (Wildman–Crippen MR) is 101 cm³/mol. The number of carbonyl (C=O) groups is 2. The summed E-state index contributed by atoms with van der Waals surface area (Å²) in [6, 6.07) is 4.68. The van der Waals surface area contributed by atoms with Crippen LogP contribution in [-0.2, 0) is 11.3 Å². The smallest absolute Gasteiger partial charge is 0.318 e. The first-order valence-electron chi connectivity index (χ1n) is 8.74. The average Bonchev–Trinajstić information content (AvgIpc) is 2.59. The number of carbonyl (C=O) groups excluding carboxylic acids is 2. The molecule has 0 aliphatic rings. The first-order chi connectivity index (χ1) is 12.2. The van der Waals surface area contributed by atoms with Gasteiger partial charge in [0.05, 0.1) is 20.3 Å². The number of ether oxygens (including phenoxy) is 2. The van der Waals surface area contributed by atoms with E-state index in [-0.39, 0.29) is 17.9 Å². The number of hydrogen-bond donors (Lipinski definition) is 1. The minimum absolute atomic E-state index is 0.0157. The number of amides is 3. The van der Waals surface area contributed by atoms with Gasteiger partial charge in [-0.15, -0.1) is 0 Å². The Morgan fingerprint density at radius 2 is 1.85 bits per heavy atom. The highest BCUT2D eigenvalue weighted by atomic mass is 16.5. The van der Waals surface area contributed by atoms with Gasteiger partial charge in [-0.05, 0) is 18.9 Å². The van der Waals surface area contributed by atoms with E-state index in [1.807, 2.05) is 39.0 Å². The molecule has 0 unspecified atom stereocenters. The van der Waals surface area contributed by atoms with E-state index in [1.165, 1.54) is 9.80 Å². The third kappa shape index (κ3) is 5.54. The van der Waals surface area contributed by atoms with Crippen molar-refractivity contribution in [2.75, 3.05) is 34.9 Å². The first-order valence-corrected chi connectivity index (χ1v) is 8.74. The lowest BCUT2D eigenvalue weighted by Crippen LogP contribution is -2.52. The molecule has 1 atom stereocenters. The number of methoxy groups -OCH3 is 1. The van der Waals surface area contributed by atoms with Crippen LogP contribution in [-0.4, -0.2) is 62.6 Å². The number of nitrogens with one attached hydrogen (secondary N) is 1. The lowest BCUT2D eigenvalue weighted by molar-refractivity contribution is -0.131. The minimum Gasteiger partial charge on any atom is -0.493 e. The van der Waals surface area contributed by atoms with Crippen LogP contribution < -0.4 is 14.8 Å². The van der Waals surface area contributed by atoms with Gasteiger partial charge in [0.1, 0.15) is 6.04 Å². The van der Waals surface area contributed by atoms with E-state index in [1.54, 1.807) is 28.3 Å². The molecule has 0 aromatic heterocycles. The maximum absolute atomic E-state index is 12.6. The Hall–Kier alpha value is -2.44. The molecular weight excluding hydrogens is 334 g/mol. The second kappa shape index (κ2) is 9.89. The van der Waals surface area contributed by atoms with Crippen LogP contribution in [0.4, 0.5) is 4.79 Å². The first kappa shape index (κ1) is 21.6. The normalized spacial score (nSPS) is 11.7. The largest absolute Gasteiger partial charge is 0.493 e. The number of hydrogen-bond acceptors (Lipinski definition) is 4. The van der Waals surface area contributed by atoms with Crippen molar-refractivity contribution in [1.82, 2.24) is 15.1 Å². The summed E-state index contributed by atoms with van der Waals surface area (Å²) in [6.45, 7) is 6.53. The number of nitrogens with zero attached hydrogens (tertiary/aromatic N) is 2. The molecule has 0 aliphatic carbocycles. The van der Waals surface area contributed by atoms with E-state index in [2.05, 4.69) is 5.32 Å². The summed E-state index contributed by atoms with van der Waals surface area (Å²) in [5.74, 6) is 1.11. The Morgan fingerprint density at radius 3 is 2.35 bits per heavy atom. The highest BCUT2D eigenvalue weighted by Crippen LogP contribution is 2.31. The molecule has 1 aromatic rings. The van der Waals surface area contributed by atoms with E-state index in [4.69, 9.17) is 9.47 Å². The van der Waals surface area contributed by atoms with Gasteiger partial charge >= 0.3 is 6.03 Å². The quantitative estimate of drug-likeness (QED) is 0.768. The monoisotopic (exact) mass is 365 g/mol. The third-order valence-corrected chi connectivity index (χ3v) is 3.98. The fourth-order valence-electron chi connectivity index (χ4n) is 2.52. The summed E-state index contributed by atoms with van der Waals surface area (Å²) < 4.78 is 11.0. The summed E-state index contributed by atoms with van der Waals surface area (Å²) in [5, 5.41) is 2.82. The van der Waals surface area contributed by atoms with Gasteiger partial charge in [-0.3, -0.25) is 4.79 Å². The van der Waals surface area contributed by atoms with E-state index >= 15 is 0 Å². The van der Waals surface area contributed by atoms with Gasteiger partial charge in [0.15, 0.2) is 11.5 Å². The lowest BCUT2D eigenvalue weighted by atomic mass is 10.0. The van der Waals surface area contributed by atoms with Crippen molar-refractivity contribution in [2.45, 2.75) is 33.4 Å². The maximum Gasteiger partial charge on any atom is 0.318 e. The molecule has 7 heteroatoms. The predicted octanol–water partition coefficient (Wildman–Crippen LogP) is 2.35. The number of rotatable bonds is 8. The van der Waals surface area contributed by atoms with Gasteiger partial charge in [-0.25, -0.2) is 4.79 Å². The minimum atomic E-state index is -0.573. The zero-order chi connectivity index (χ0) is 19.9. The van der Waals surface area contributed by atoms with Crippen LogP contribution in [0.5, 0.6) is 11.5 Å². The molecule has 1 rings (SSSR count). The Kier molecular flexibility index (Phi) is 8.22. The molecule has 1 aromatic carbocycles. The Morgan fingerprint density at radius 1 is 1.19 bits per heavy atom. The Balaban J connectivity index is 2.91. The second-order valence-corrected chi connectivity index (χ2v) is 6.64. The molecular formula is C19H31N3O4. The van der Waals surface area contributed by atoms with Gasteiger partial charge in [0.25, 0.3) is 0 Å². The molecule has 0 radical (unpaired) electrons. The average molecular weight is 365 g/mol. The molecule has 7 nitrogen and oxygen atoms in total. The van der Waals surface area contributed by atoms with Crippen LogP contribution >= 0.6 is 0 Å². The molecule has 0 fully saturated rings. The van der Waals surface area contributed by atoms with Crippen molar-refractivity contribution < 1.29 is 19.1 Å². The number of para-hydroxylation sites is 1. The molecule has 0 saturated heterocycles. The highest BCUT2D eigenvalue weighted by Gasteiger charge is 2.27. The summed E-state index contributed by atoms with van der Waals surface area (Å²) >= 11 is 0. The fraction of sp³-hybridized carbons (Fsp3) is 0.579. The van der Waals surface area contributed by atoms with Crippen molar-refractivity contribution in [3.05, 3.63) is 23.8 Å². The van der Waals surface area contributed by atoms with E-state index < -0.39 is 6.04 Å². The third-order valence-electron chi connectivity index (χ3n) is 3.98. The van der Waals surface area contributed by atoms with Crippen molar-refractivity contribution in [2.24, 2.45) is 5.92 Å². The SMILES string of the molecule is CCOc1c(CN(C)C(=O)N[C@H](C(=O)N(C)C)C(C)C)cccc1OC. The van der Waals surface area contributed by atoms with Gasteiger partial charge < -0.3 is 24.6 Å². The van der Waals surface area contributed by atoms with Crippen LogP contribution in [0.1, 0.15) is 26.3 Å². The molecule has 146 valence electrons. The molecule has 0 heterocycles. The standard InChI is InChI=1S/C19H31N3O4/c1-8-26-17-14(10-9-11-15(17)25-7)12-22(6)19(24)20-16(13(2)3)18(23)21(4)5/h9-11,13,16H,8,12H2,1-7H3,(H,20,24)/t16-/m0/s1. The van der Waals surface area contributed by atoms with Gasteiger partial charge in [-0.1, -0.05) is 26.0 Å². The summed E-state index contributed by atoms with van der Waals surface area (Å²) in [5.41, 5.74) is 0.837. The summed E-state index contributed by atoms with van der Waals surface area (Å²) in [4.78, 5) is 27.9. The molecule has 0 aliphatic heterocycles. The van der Waals surface area contributed by atoms with Crippen LogP contribution in [0.3, 0.4) is 0 Å². The van der Waals surface area contributed by atoms with Crippen LogP contribution in [0, 0.1) is 5.92 Å². The molecule has 0 bridgehead atoms. The van der Waals surface area contributed by atoms with Gasteiger partial charge in [0, 0.05) is 26.7 Å². The van der Waals surface area contributed by atoms with Gasteiger partial charge in [-0.2, -0.15) is 0 Å².